The van der Waals surface area contributed by atoms with Crippen LogP contribution >= 0.6 is 11.3 Å². The summed E-state index contributed by atoms with van der Waals surface area (Å²) in [6.45, 7) is 2.51. The zero-order valence-electron chi connectivity index (χ0n) is 18.2. The highest BCUT2D eigenvalue weighted by atomic mass is 32.1. The Hall–Kier alpha value is -3.84. The maximum Gasteiger partial charge on any atom is 0.236 e. The van der Waals surface area contributed by atoms with Crippen molar-refractivity contribution in [3.8, 4) is 0 Å². The predicted molar refractivity (Wildman–Crippen MR) is 131 cm³/mol. The number of carbonyl (C=O) groups is 1. The number of nitrogens with zero attached hydrogens (tertiary/aromatic N) is 4. The van der Waals surface area contributed by atoms with Gasteiger partial charge in [0.25, 0.3) is 0 Å². The molecule has 1 unspecified atom stereocenters. The molecule has 0 bridgehead atoms. The van der Waals surface area contributed by atoms with Gasteiger partial charge in [0.05, 0.1) is 32.9 Å². The minimum Gasteiger partial charge on any atom is -0.308 e. The van der Waals surface area contributed by atoms with Gasteiger partial charge in [-0.25, -0.2) is 4.98 Å². The lowest BCUT2D eigenvalue weighted by Gasteiger charge is -2.27. The van der Waals surface area contributed by atoms with Crippen molar-refractivity contribution in [3.05, 3.63) is 108 Å². The molecule has 1 amide bonds. The van der Waals surface area contributed by atoms with Gasteiger partial charge in [0.15, 0.2) is 5.82 Å². The normalized spacial score (nSPS) is 13.0. The predicted octanol–water partition coefficient (Wildman–Crippen LogP) is 5.08. The summed E-state index contributed by atoms with van der Waals surface area (Å²) in [4.78, 5) is 22.7. The second-order valence-electron chi connectivity index (χ2n) is 8.12. The number of carbonyl (C=O) groups excluding carboxylic acids is 1. The average Bonchev–Trinajstić information content (AvgIpc) is 3.46. The van der Waals surface area contributed by atoms with Gasteiger partial charge in [-0.2, -0.15) is 5.10 Å². The molecule has 5 aromatic rings. The molecule has 0 radical (unpaired) electrons. The molecule has 2 aromatic carbocycles. The van der Waals surface area contributed by atoms with Crippen LogP contribution in [0, 0.1) is 0 Å². The smallest absolute Gasteiger partial charge is 0.236 e. The van der Waals surface area contributed by atoms with Crippen LogP contribution in [-0.4, -0.2) is 25.7 Å². The molecule has 7 heteroatoms. The number of rotatable bonds is 7. The number of hydrogen-bond acceptors (Lipinski definition) is 5. The number of benzene rings is 2. The fourth-order valence-electron chi connectivity index (χ4n) is 3.85. The Morgan fingerprint density at radius 1 is 1.00 bits per heavy atom. The van der Waals surface area contributed by atoms with E-state index in [-0.39, 0.29) is 5.91 Å². The molecule has 5 rings (SSSR count). The first kappa shape index (κ1) is 21.0. The number of pyridine rings is 1. The molecule has 3 aromatic heterocycles. The fraction of sp³-hybridized carbons (Fsp3) is 0.154. The van der Waals surface area contributed by atoms with E-state index in [1.54, 1.807) is 22.2 Å². The van der Waals surface area contributed by atoms with E-state index < -0.39 is 5.41 Å². The van der Waals surface area contributed by atoms with Crippen molar-refractivity contribution in [1.29, 1.82) is 0 Å². The molecular formula is C26H23N5OS. The summed E-state index contributed by atoms with van der Waals surface area (Å²) in [6, 6.07) is 25.5. The van der Waals surface area contributed by atoms with E-state index in [0.29, 0.717) is 18.8 Å². The van der Waals surface area contributed by atoms with Gasteiger partial charge in [0.1, 0.15) is 0 Å². The van der Waals surface area contributed by atoms with Crippen LogP contribution in [0.2, 0.25) is 0 Å². The summed E-state index contributed by atoms with van der Waals surface area (Å²) in [5.74, 6) is 0.401. The first-order chi connectivity index (χ1) is 16.1. The first-order valence-corrected chi connectivity index (χ1v) is 11.6. The summed E-state index contributed by atoms with van der Waals surface area (Å²) < 4.78 is 2.89. The SMILES string of the molecule is CC(Cc1nc2ccccc2s1)(C(=O)Nc1ccn(Cc2ccccn2)n1)c1ccccc1. The van der Waals surface area contributed by atoms with E-state index in [1.165, 1.54) is 0 Å². The van der Waals surface area contributed by atoms with Crippen LogP contribution in [0.25, 0.3) is 10.2 Å². The van der Waals surface area contributed by atoms with Gasteiger partial charge in [-0.3, -0.25) is 14.5 Å². The van der Waals surface area contributed by atoms with Gasteiger partial charge in [0.2, 0.25) is 5.91 Å². The number of amides is 1. The van der Waals surface area contributed by atoms with Crippen molar-refractivity contribution in [2.75, 3.05) is 5.32 Å². The summed E-state index contributed by atoms with van der Waals surface area (Å²) in [7, 11) is 0. The minimum absolute atomic E-state index is 0.115. The number of thiazole rings is 1. The largest absolute Gasteiger partial charge is 0.308 e. The first-order valence-electron chi connectivity index (χ1n) is 10.7. The Labute approximate surface area is 196 Å². The fourth-order valence-corrected chi connectivity index (χ4v) is 4.97. The number of hydrogen-bond donors (Lipinski definition) is 1. The van der Waals surface area contributed by atoms with Gasteiger partial charge in [0, 0.05) is 24.9 Å². The zero-order chi connectivity index (χ0) is 22.7. The van der Waals surface area contributed by atoms with Crippen LogP contribution in [0.15, 0.2) is 91.3 Å². The molecule has 6 nitrogen and oxygen atoms in total. The lowest BCUT2D eigenvalue weighted by Crippen LogP contribution is -2.39. The molecule has 0 aliphatic heterocycles. The van der Waals surface area contributed by atoms with Crippen LogP contribution in [0.1, 0.15) is 23.2 Å². The van der Waals surface area contributed by atoms with E-state index in [2.05, 4.69) is 21.5 Å². The van der Waals surface area contributed by atoms with Crippen molar-refractivity contribution >= 4 is 33.3 Å². The Morgan fingerprint density at radius 2 is 1.79 bits per heavy atom. The highest BCUT2D eigenvalue weighted by Gasteiger charge is 2.37. The summed E-state index contributed by atoms with van der Waals surface area (Å²) >= 11 is 1.63. The molecule has 0 fully saturated rings. The molecular weight excluding hydrogens is 430 g/mol. The average molecular weight is 454 g/mol. The van der Waals surface area contributed by atoms with E-state index in [1.807, 2.05) is 85.9 Å². The molecule has 3 heterocycles. The van der Waals surface area contributed by atoms with Crippen LogP contribution < -0.4 is 5.32 Å². The molecule has 0 saturated carbocycles. The third-order valence-electron chi connectivity index (χ3n) is 5.69. The van der Waals surface area contributed by atoms with Gasteiger partial charge in [-0.15, -0.1) is 11.3 Å². The van der Waals surface area contributed by atoms with Crippen molar-refractivity contribution in [2.45, 2.75) is 25.3 Å². The monoisotopic (exact) mass is 453 g/mol. The molecule has 1 N–H and O–H groups in total. The van der Waals surface area contributed by atoms with E-state index in [0.717, 1.165) is 26.5 Å². The van der Waals surface area contributed by atoms with Gasteiger partial charge >= 0.3 is 0 Å². The number of fused-ring (bicyclic) bond motifs is 1. The summed E-state index contributed by atoms with van der Waals surface area (Å²) in [5.41, 5.74) is 2.00. The van der Waals surface area contributed by atoms with E-state index >= 15 is 0 Å². The Balaban J connectivity index is 1.40. The summed E-state index contributed by atoms with van der Waals surface area (Å²) in [5, 5.41) is 8.48. The Kier molecular flexibility index (Phi) is 5.71. The topological polar surface area (TPSA) is 72.7 Å². The molecule has 164 valence electrons. The van der Waals surface area contributed by atoms with Crippen molar-refractivity contribution < 1.29 is 4.79 Å². The second-order valence-corrected chi connectivity index (χ2v) is 9.24. The van der Waals surface area contributed by atoms with Crippen LogP contribution in [0.3, 0.4) is 0 Å². The third-order valence-corrected chi connectivity index (χ3v) is 6.72. The molecule has 0 spiro atoms. The van der Waals surface area contributed by atoms with Crippen LogP contribution in [0.4, 0.5) is 5.82 Å². The van der Waals surface area contributed by atoms with Gasteiger partial charge in [-0.05, 0) is 36.8 Å². The molecule has 0 aliphatic rings. The van der Waals surface area contributed by atoms with Crippen molar-refractivity contribution in [3.63, 3.8) is 0 Å². The van der Waals surface area contributed by atoms with Crippen LogP contribution in [0.5, 0.6) is 0 Å². The highest BCUT2D eigenvalue weighted by Crippen LogP contribution is 2.33. The van der Waals surface area contributed by atoms with Crippen molar-refractivity contribution in [1.82, 2.24) is 19.7 Å². The highest BCUT2D eigenvalue weighted by molar-refractivity contribution is 7.18. The molecule has 1 atom stereocenters. The molecule has 33 heavy (non-hydrogen) atoms. The maximum atomic E-state index is 13.6. The van der Waals surface area contributed by atoms with Gasteiger partial charge < -0.3 is 5.32 Å². The lowest BCUT2D eigenvalue weighted by molar-refractivity contribution is -0.121. The Bertz CT molecular complexity index is 1350. The number of para-hydroxylation sites is 1. The molecule has 0 saturated heterocycles. The minimum atomic E-state index is -0.806. The number of nitrogens with one attached hydrogen (secondary N) is 1. The third kappa shape index (κ3) is 4.54. The lowest BCUT2D eigenvalue weighted by atomic mass is 9.78. The number of anilines is 1. The van der Waals surface area contributed by atoms with E-state index in [9.17, 15) is 4.79 Å². The Morgan fingerprint density at radius 3 is 2.58 bits per heavy atom. The standard InChI is InChI=1S/C26H23N5OS/c1-26(19-9-3-2-4-10-19,17-24-28-21-12-5-6-13-22(21)33-24)25(32)29-23-14-16-31(30-23)18-20-11-7-8-15-27-20/h2-16H,17-18H2,1H3,(H,29,30,32). The number of aromatic nitrogens is 4. The maximum absolute atomic E-state index is 13.6. The second kappa shape index (κ2) is 8.96. The quantitative estimate of drug-likeness (QED) is 0.373. The van der Waals surface area contributed by atoms with Gasteiger partial charge in [-0.1, -0.05) is 48.5 Å². The summed E-state index contributed by atoms with van der Waals surface area (Å²) in [6.07, 6.45) is 4.10. The zero-order valence-corrected chi connectivity index (χ0v) is 19.0. The van der Waals surface area contributed by atoms with E-state index in [4.69, 9.17) is 4.98 Å². The van der Waals surface area contributed by atoms with Crippen LogP contribution in [-0.2, 0) is 23.2 Å². The van der Waals surface area contributed by atoms with Crippen molar-refractivity contribution in [2.24, 2.45) is 0 Å². The molecule has 0 aliphatic carbocycles.